The molecule has 242 valence electrons. The Morgan fingerprint density at radius 1 is 1.07 bits per heavy atom. The summed E-state index contributed by atoms with van der Waals surface area (Å²) in [4.78, 5) is 49.5. The molecule has 3 amide bonds. The molecule has 3 saturated heterocycles. The maximum atomic E-state index is 15.0. The van der Waals surface area contributed by atoms with Gasteiger partial charge >= 0.3 is 0 Å². The summed E-state index contributed by atoms with van der Waals surface area (Å²) >= 11 is 0. The number of hydrogen-bond donors (Lipinski definition) is 1. The minimum Gasteiger partial charge on any atom is -0.394 e. The smallest absolute Gasteiger partial charge is 0.249 e. The molecule has 2 bridgehead atoms. The van der Waals surface area contributed by atoms with Crippen LogP contribution in [-0.2, 0) is 19.1 Å². The van der Waals surface area contributed by atoms with Crippen LogP contribution in [0.5, 0.6) is 0 Å². The molecule has 8 nitrogen and oxygen atoms in total. The molecule has 2 unspecified atom stereocenters. The van der Waals surface area contributed by atoms with E-state index in [0.717, 1.165) is 6.42 Å². The van der Waals surface area contributed by atoms with Crippen LogP contribution in [0.1, 0.15) is 74.7 Å². The van der Waals surface area contributed by atoms with Gasteiger partial charge in [0.25, 0.3) is 0 Å². The predicted molar refractivity (Wildman–Crippen MR) is 174 cm³/mol. The number of likely N-dealkylation sites (tertiary alicyclic amines) is 1. The van der Waals surface area contributed by atoms with Gasteiger partial charge in [0.2, 0.25) is 17.7 Å². The zero-order valence-corrected chi connectivity index (χ0v) is 28.0. The molecule has 4 rings (SSSR count). The van der Waals surface area contributed by atoms with Gasteiger partial charge in [-0.1, -0.05) is 65.0 Å². The van der Waals surface area contributed by atoms with Crippen molar-refractivity contribution in [2.45, 2.75) is 103 Å². The highest BCUT2D eigenvalue weighted by Gasteiger charge is 2.79. The summed E-state index contributed by atoms with van der Waals surface area (Å²) in [5.74, 6) is -2.52. The third kappa shape index (κ3) is 5.64. The van der Waals surface area contributed by atoms with Crippen molar-refractivity contribution in [1.82, 2.24) is 9.80 Å². The van der Waals surface area contributed by atoms with Crippen LogP contribution < -0.4 is 4.90 Å². The molecule has 6 atom stereocenters. The number of aliphatic hydroxyl groups is 1. The van der Waals surface area contributed by atoms with Gasteiger partial charge in [-0.05, 0) is 63.5 Å². The minimum absolute atomic E-state index is 0.0693. The predicted octanol–water partition coefficient (Wildman–Crippen LogP) is 5.22. The number of ether oxygens (including phenoxy) is 1. The topological polar surface area (TPSA) is 90.4 Å². The van der Waals surface area contributed by atoms with Crippen LogP contribution in [0, 0.1) is 23.2 Å². The van der Waals surface area contributed by atoms with E-state index in [4.69, 9.17) is 4.74 Å². The summed E-state index contributed by atoms with van der Waals surface area (Å²) in [5.41, 5.74) is -2.04. The van der Waals surface area contributed by atoms with E-state index in [1.54, 1.807) is 22.0 Å². The summed E-state index contributed by atoms with van der Waals surface area (Å²) in [6, 6.07) is 7.78. The van der Waals surface area contributed by atoms with Crippen LogP contribution in [0.3, 0.4) is 0 Å². The number of carbonyl (C=O) groups excluding carboxylic acids is 3. The Morgan fingerprint density at radius 3 is 2.20 bits per heavy atom. The quantitative estimate of drug-likeness (QED) is 0.329. The molecule has 3 fully saturated rings. The van der Waals surface area contributed by atoms with Gasteiger partial charge in [-0.2, -0.15) is 0 Å². The third-order valence-corrected chi connectivity index (χ3v) is 9.95. The Hall–Kier alpha value is -2.97. The molecular weight excluding hydrogens is 554 g/mol. The maximum Gasteiger partial charge on any atom is 0.249 e. The van der Waals surface area contributed by atoms with E-state index in [1.807, 2.05) is 56.0 Å². The SMILES string of the molecule is C=CCN(C(=O)[C@H]1[C@H]2C(=O)N([C@@H](CO)C(C)C)C(C(=O)N(CC=C)C(C)(C)CC(C)(C)C)C23CC[C@]1(C)O3)c1ccccc1. The standard InChI is InChI=1S/C36H53N3O5/c1-11-20-37(25-16-14-13-15-17-25)30(41)27-28-31(42)39(26(22-40)24(3)4)29(36(28)19-18-35(27,10)44-36)32(43)38(21-12-2)34(8,9)23-33(5,6)7/h11-17,24,26-29,40H,1-2,18-23H2,3-10H3/t26-,27+,28-,29?,35-,36?/m0/s1. The summed E-state index contributed by atoms with van der Waals surface area (Å²) in [6.07, 6.45) is 5.13. The van der Waals surface area contributed by atoms with Crippen molar-refractivity contribution in [3.63, 3.8) is 0 Å². The van der Waals surface area contributed by atoms with Gasteiger partial charge in [0, 0.05) is 24.3 Å². The molecular formula is C36H53N3O5. The third-order valence-electron chi connectivity index (χ3n) is 9.95. The van der Waals surface area contributed by atoms with Gasteiger partial charge in [0.15, 0.2) is 0 Å². The zero-order valence-electron chi connectivity index (χ0n) is 28.0. The van der Waals surface area contributed by atoms with Crippen LogP contribution in [0.25, 0.3) is 0 Å². The molecule has 3 aliphatic rings. The van der Waals surface area contributed by atoms with Crippen molar-refractivity contribution in [3.05, 3.63) is 55.6 Å². The van der Waals surface area contributed by atoms with Crippen LogP contribution >= 0.6 is 0 Å². The van der Waals surface area contributed by atoms with Gasteiger partial charge in [-0.15, -0.1) is 13.2 Å². The van der Waals surface area contributed by atoms with Gasteiger partial charge in [0.05, 0.1) is 30.1 Å². The highest BCUT2D eigenvalue weighted by Crippen LogP contribution is 2.64. The Bertz CT molecular complexity index is 1270. The zero-order chi connectivity index (χ0) is 32.8. The molecule has 3 heterocycles. The molecule has 8 heteroatoms. The molecule has 0 radical (unpaired) electrons. The Labute approximate surface area is 264 Å². The van der Waals surface area contributed by atoms with Crippen LogP contribution in [0.15, 0.2) is 55.6 Å². The number of hydrogen-bond acceptors (Lipinski definition) is 5. The largest absolute Gasteiger partial charge is 0.394 e. The first kappa shape index (κ1) is 33.9. The fourth-order valence-electron chi connectivity index (χ4n) is 8.53. The summed E-state index contributed by atoms with van der Waals surface area (Å²) in [7, 11) is 0. The number of fused-ring (bicyclic) bond motifs is 1. The number of benzene rings is 1. The lowest BCUT2D eigenvalue weighted by Gasteiger charge is -2.47. The number of amides is 3. The first-order valence-corrected chi connectivity index (χ1v) is 16.0. The van der Waals surface area contributed by atoms with Gasteiger partial charge in [-0.3, -0.25) is 14.4 Å². The number of carbonyl (C=O) groups is 3. The van der Waals surface area contributed by atoms with E-state index in [1.165, 1.54) is 0 Å². The van der Waals surface area contributed by atoms with Crippen LogP contribution in [-0.4, -0.2) is 81.1 Å². The van der Waals surface area contributed by atoms with Crippen molar-refractivity contribution in [2.75, 3.05) is 24.6 Å². The second-order valence-electron chi connectivity index (χ2n) is 15.3. The average Bonchev–Trinajstić information content (AvgIpc) is 3.50. The van der Waals surface area contributed by atoms with Crippen molar-refractivity contribution < 1.29 is 24.2 Å². The highest BCUT2D eigenvalue weighted by molar-refractivity contribution is 6.03. The first-order valence-electron chi connectivity index (χ1n) is 16.0. The van der Waals surface area contributed by atoms with E-state index in [-0.39, 0.29) is 42.2 Å². The summed E-state index contributed by atoms with van der Waals surface area (Å²) in [5, 5.41) is 10.6. The lowest BCUT2D eigenvalue weighted by molar-refractivity contribution is -0.159. The number of para-hydroxylation sites is 1. The van der Waals surface area contributed by atoms with E-state index >= 15 is 4.79 Å². The molecule has 1 N–H and O–H groups in total. The first-order chi connectivity index (χ1) is 20.5. The second-order valence-corrected chi connectivity index (χ2v) is 15.3. The lowest BCUT2D eigenvalue weighted by Crippen LogP contribution is -2.63. The van der Waals surface area contributed by atoms with Crippen LogP contribution in [0.4, 0.5) is 5.69 Å². The fourth-order valence-corrected chi connectivity index (χ4v) is 8.53. The van der Waals surface area contributed by atoms with Crippen molar-refractivity contribution >= 4 is 23.4 Å². The summed E-state index contributed by atoms with van der Waals surface area (Å²) < 4.78 is 6.93. The second kappa shape index (κ2) is 12.1. The monoisotopic (exact) mass is 607 g/mol. The number of aliphatic hydroxyl groups excluding tert-OH is 1. The van der Waals surface area contributed by atoms with Crippen molar-refractivity contribution in [2.24, 2.45) is 23.2 Å². The van der Waals surface area contributed by atoms with E-state index in [9.17, 15) is 14.7 Å². The lowest BCUT2D eigenvalue weighted by atomic mass is 9.65. The Balaban J connectivity index is 1.87. The number of rotatable bonds is 12. The minimum atomic E-state index is -1.20. The molecule has 0 aromatic heterocycles. The van der Waals surface area contributed by atoms with Gasteiger partial charge in [0.1, 0.15) is 11.6 Å². The fraction of sp³-hybridized carbons (Fsp3) is 0.639. The summed E-state index contributed by atoms with van der Waals surface area (Å²) in [6.45, 7) is 24.4. The molecule has 1 spiro atoms. The Kier molecular flexibility index (Phi) is 9.32. The number of nitrogens with zero attached hydrogens (tertiary/aromatic N) is 3. The maximum absolute atomic E-state index is 15.0. The van der Waals surface area contributed by atoms with E-state index in [2.05, 4.69) is 47.8 Å². The van der Waals surface area contributed by atoms with Crippen LogP contribution in [0.2, 0.25) is 0 Å². The van der Waals surface area contributed by atoms with E-state index < -0.39 is 40.7 Å². The average molecular weight is 608 g/mol. The van der Waals surface area contributed by atoms with E-state index in [0.29, 0.717) is 25.1 Å². The number of anilines is 1. The molecule has 44 heavy (non-hydrogen) atoms. The molecule has 1 aromatic rings. The normalized spacial score (nSPS) is 28.6. The highest BCUT2D eigenvalue weighted by atomic mass is 16.5. The van der Waals surface area contributed by atoms with Gasteiger partial charge < -0.3 is 24.5 Å². The van der Waals surface area contributed by atoms with Gasteiger partial charge in [-0.25, -0.2) is 0 Å². The molecule has 3 aliphatic heterocycles. The molecule has 0 aliphatic carbocycles. The molecule has 1 aromatic carbocycles. The van der Waals surface area contributed by atoms with Crippen molar-refractivity contribution in [1.29, 1.82) is 0 Å². The van der Waals surface area contributed by atoms with Crippen molar-refractivity contribution in [3.8, 4) is 0 Å². The molecule has 0 saturated carbocycles. The Morgan fingerprint density at radius 2 is 1.68 bits per heavy atom.